The molecule has 4 amide bonds. The second-order valence-electron chi connectivity index (χ2n) is 8.25. The molecule has 146 valence electrons. The van der Waals surface area contributed by atoms with Gasteiger partial charge in [-0.05, 0) is 37.7 Å². The van der Waals surface area contributed by atoms with Crippen LogP contribution < -0.4 is 10.6 Å². The Morgan fingerprint density at radius 3 is 2.56 bits per heavy atom. The average Bonchev–Trinajstić information content (AvgIpc) is 2.83. The average molecular weight is 371 g/mol. The standard InChI is InChI=1S/C21H29N3O3/c1-13-8-10-16(11-9-13)21(4)19(26)24(20(27)23-21)12-18(25)22-17-7-5-6-14(2)15(17)3/h8-11,14-15,17H,5-7,12H2,1-4H3,(H,22,25)(H,23,27)/t14-,15-,17-,21+/m1/s1. The van der Waals surface area contributed by atoms with E-state index in [4.69, 9.17) is 0 Å². The van der Waals surface area contributed by atoms with Gasteiger partial charge in [0, 0.05) is 6.04 Å². The van der Waals surface area contributed by atoms with Crippen molar-refractivity contribution >= 4 is 17.8 Å². The molecule has 27 heavy (non-hydrogen) atoms. The molecule has 2 fully saturated rings. The number of nitrogens with one attached hydrogen (secondary N) is 2. The lowest BCUT2D eigenvalue weighted by Crippen LogP contribution is -2.48. The van der Waals surface area contributed by atoms with Gasteiger partial charge in [-0.3, -0.25) is 14.5 Å². The number of hydrogen-bond donors (Lipinski definition) is 2. The van der Waals surface area contributed by atoms with Crippen LogP contribution in [0.15, 0.2) is 24.3 Å². The Hall–Kier alpha value is -2.37. The molecular weight excluding hydrogens is 342 g/mol. The summed E-state index contributed by atoms with van der Waals surface area (Å²) in [5, 5.41) is 5.78. The second kappa shape index (κ2) is 7.33. The topological polar surface area (TPSA) is 78.5 Å². The third-order valence-corrected chi connectivity index (χ3v) is 6.26. The summed E-state index contributed by atoms with van der Waals surface area (Å²) in [5.41, 5.74) is 0.646. The second-order valence-corrected chi connectivity index (χ2v) is 8.25. The molecule has 4 atom stereocenters. The van der Waals surface area contributed by atoms with Crippen molar-refractivity contribution in [3.8, 4) is 0 Å². The number of benzene rings is 1. The zero-order chi connectivity index (χ0) is 19.8. The van der Waals surface area contributed by atoms with Crippen LogP contribution in [0.5, 0.6) is 0 Å². The zero-order valence-corrected chi connectivity index (χ0v) is 16.5. The molecule has 0 spiro atoms. The Labute approximate surface area is 160 Å². The first-order valence-corrected chi connectivity index (χ1v) is 9.73. The highest BCUT2D eigenvalue weighted by atomic mass is 16.2. The number of carbonyl (C=O) groups excluding carboxylic acids is 3. The highest BCUT2D eigenvalue weighted by molar-refractivity contribution is 6.09. The van der Waals surface area contributed by atoms with Gasteiger partial charge >= 0.3 is 6.03 Å². The lowest BCUT2D eigenvalue weighted by atomic mass is 9.78. The largest absolute Gasteiger partial charge is 0.352 e. The molecule has 0 unspecified atom stereocenters. The number of imide groups is 1. The number of carbonyl (C=O) groups is 3. The van der Waals surface area contributed by atoms with E-state index in [0.717, 1.165) is 23.3 Å². The van der Waals surface area contributed by atoms with Crippen LogP contribution in [-0.2, 0) is 15.1 Å². The third-order valence-electron chi connectivity index (χ3n) is 6.26. The van der Waals surface area contributed by atoms with Gasteiger partial charge in [-0.15, -0.1) is 0 Å². The van der Waals surface area contributed by atoms with Gasteiger partial charge in [0.05, 0.1) is 0 Å². The Balaban J connectivity index is 1.68. The van der Waals surface area contributed by atoms with Crippen LogP contribution in [0.25, 0.3) is 0 Å². The molecule has 1 saturated heterocycles. The molecule has 1 aliphatic carbocycles. The summed E-state index contributed by atoms with van der Waals surface area (Å²) in [6.45, 7) is 7.75. The maximum Gasteiger partial charge on any atom is 0.325 e. The molecule has 0 radical (unpaired) electrons. The van der Waals surface area contributed by atoms with Gasteiger partial charge in [0.15, 0.2) is 0 Å². The minimum atomic E-state index is -1.14. The van der Waals surface area contributed by atoms with Gasteiger partial charge in [0.1, 0.15) is 12.1 Å². The minimum absolute atomic E-state index is 0.102. The van der Waals surface area contributed by atoms with Crippen molar-refractivity contribution < 1.29 is 14.4 Å². The monoisotopic (exact) mass is 371 g/mol. The summed E-state index contributed by atoms with van der Waals surface area (Å²) in [6.07, 6.45) is 3.21. The van der Waals surface area contributed by atoms with E-state index in [1.807, 2.05) is 31.2 Å². The quantitative estimate of drug-likeness (QED) is 0.799. The summed E-state index contributed by atoms with van der Waals surface area (Å²) in [5.74, 6) is 0.281. The molecule has 1 heterocycles. The maximum absolute atomic E-state index is 12.9. The van der Waals surface area contributed by atoms with Crippen molar-refractivity contribution in [1.82, 2.24) is 15.5 Å². The molecule has 3 rings (SSSR count). The van der Waals surface area contributed by atoms with Crippen molar-refractivity contribution in [2.45, 2.75) is 58.5 Å². The maximum atomic E-state index is 12.9. The third kappa shape index (κ3) is 3.70. The highest BCUT2D eigenvalue weighted by Crippen LogP contribution is 2.30. The molecule has 1 saturated carbocycles. The molecule has 1 aliphatic heterocycles. The van der Waals surface area contributed by atoms with E-state index in [1.54, 1.807) is 6.92 Å². The van der Waals surface area contributed by atoms with E-state index in [1.165, 1.54) is 6.42 Å². The first-order chi connectivity index (χ1) is 12.7. The molecule has 2 aliphatic rings. The van der Waals surface area contributed by atoms with E-state index in [2.05, 4.69) is 24.5 Å². The molecule has 2 N–H and O–H groups in total. The van der Waals surface area contributed by atoms with Gasteiger partial charge in [-0.1, -0.05) is 56.5 Å². The van der Waals surface area contributed by atoms with Crippen molar-refractivity contribution in [2.24, 2.45) is 11.8 Å². The normalized spacial score (nSPS) is 31.0. The molecular formula is C21H29N3O3. The van der Waals surface area contributed by atoms with E-state index in [-0.39, 0.29) is 18.5 Å². The van der Waals surface area contributed by atoms with Crippen molar-refractivity contribution in [2.75, 3.05) is 6.54 Å². The van der Waals surface area contributed by atoms with Crippen LogP contribution in [0, 0.1) is 18.8 Å². The Morgan fingerprint density at radius 1 is 1.22 bits per heavy atom. The van der Waals surface area contributed by atoms with Gasteiger partial charge in [-0.25, -0.2) is 4.79 Å². The molecule has 1 aromatic rings. The Bertz CT molecular complexity index is 746. The fourth-order valence-electron chi connectivity index (χ4n) is 4.10. The lowest BCUT2D eigenvalue weighted by molar-refractivity contribution is -0.135. The Morgan fingerprint density at radius 2 is 1.89 bits per heavy atom. The van der Waals surface area contributed by atoms with E-state index < -0.39 is 17.5 Å². The number of hydrogen-bond acceptors (Lipinski definition) is 3. The predicted octanol–water partition coefficient (Wildman–Crippen LogP) is 2.70. The number of aryl methyl sites for hydroxylation is 1. The zero-order valence-electron chi connectivity index (χ0n) is 16.5. The predicted molar refractivity (Wildman–Crippen MR) is 103 cm³/mol. The summed E-state index contributed by atoms with van der Waals surface area (Å²) < 4.78 is 0. The van der Waals surface area contributed by atoms with Crippen LogP contribution in [0.4, 0.5) is 4.79 Å². The van der Waals surface area contributed by atoms with Crippen molar-refractivity contribution in [3.05, 3.63) is 35.4 Å². The van der Waals surface area contributed by atoms with Crippen LogP contribution in [0.2, 0.25) is 0 Å². The fourth-order valence-corrected chi connectivity index (χ4v) is 4.10. The Kier molecular flexibility index (Phi) is 5.27. The number of rotatable bonds is 4. The van der Waals surface area contributed by atoms with E-state index in [0.29, 0.717) is 17.4 Å². The first kappa shape index (κ1) is 19.4. The number of amides is 4. The van der Waals surface area contributed by atoms with Gasteiger partial charge in [0.2, 0.25) is 5.91 Å². The molecule has 6 nitrogen and oxygen atoms in total. The molecule has 0 bridgehead atoms. The van der Waals surface area contributed by atoms with E-state index >= 15 is 0 Å². The summed E-state index contributed by atoms with van der Waals surface area (Å²) >= 11 is 0. The smallest absolute Gasteiger partial charge is 0.325 e. The highest BCUT2D eigenvalue weighted by Gasteiger charge is 2.49. The number of urea groups is 1. The lowest BCUT2D eigenvalue weighted by Gasteiger charge is -2.34. The molecule has 1 aromatic carbocycles. The van der Waals surface area contributed by atoms with Crippen molar-refractivity contribution in [3.63, 3.8) is 0 Å². The van der Waals surface area contributed by atoms with Crippen LogP contribution in [0.3, 0.4) is 0 Å². The van der Waals surface area contributed by atoms with Crippen LogP contribution >= 0.6 is 0 Å². The first-order valence-electron chi connectivity index (χ1n) is 9.73. The summed E-state index contributed by atoms with van der Waals surface area (Å²) in [4.78, 5) is 38.9. The van der Waals surface area contributed by atoms with Gasteiger partial charge < -0.3 is 10.6 Å². The SMILES string of the molecule is Cc1ccc([C@]2(C)NC(=O)N(CC(=O)N[C@@H]3CCC[C@@H](C)[C@H]3C)C2=O)cc1. The minimum Gasteiger partial charge on any atom is -0.352 e. The number of nitrogens with zero attached hydrogens (tertiary/aromatic N) is 1. The summed E-state index contributed by atoms with van der Waals surface area (Å²) in [6, 6.07) is 7.06. The molecule has 0 aromatic heterocycles. The van der Waals surface area contributed by atoms with Crippen molar-refractivity contribution in [1.29, 1.82) is 0 Å². The molecule has 6 heteroatoms. The van der Waals surface area contributed by atoms with Gasteiger partial charge in [-0.2, -0.15) is 0 Å². The van der Waals surface area contributed by atoms with Gasteiger partial charge in [0.25, 0.3) is 5.91 Å². The fraction of sp³-hybridized carbons (Fsp3) is 0.571. The van der Waals surface area contributed by atoms with E-state index in [9.17, 15) is 14.4 Å². The summed E-state index contributed by atoms with van der Waals surface area (Å²) in [7, 11) is 0. The van der Waals surface area contributed by atoms with Crippen LogP contribution in [0.1, 0.15) is 51.2 Å². The van der Waals surface area contributed by atoms with Crippen LogP contribution in [-0.4, -0.2) is 35.3 Å².